The molecular weight excluding hydrogens is 146 g/mol. The number of hydrogen-bond donors (Lipinski definition) is 0. The Hall–Kier alpha value is 0.592. The van der Waals surface area contributed by atoms with Crippen LogP contribution in [0.5, 0.6) is 0 Å². The Labute approximate surface area is 64.9 Å². The summed E-state index contributed by atoms with van der Waals surface area (Å²) in [5.41, 5.74) is 0. The third-order valence-electron chi connectivity index (χ3n) is 0.247. The largest absolute Gasteiger partial charge is 1.00 e. The molecular formula is C4H5AlCl2. The Morgan fingerprint density at radius 3 is 1.71 bits per heavy atom. The topological polar surface area (TPSA) is 0 Å². The van der Waals surface area contributed by atoms with E-state index in [2.05, 4.69) is 22.9 Å². The van der Waals surface area contributed by atoms with Gasteiger partial charge in [-0.05, 0) is 0 Å². The zero-order chi connectivity index (χ0) is 4.12. The van der Waals surface area contributed by atoms with Gasteiger partial charge in [0.05, 0.1) is 0 Å². The maximum atomic E-state index is 3.45. The summed E-state index contributed by atoms with van der Waals surface area (Å²) in [5, 5.41) is 0. The first-order chi connectivity index (χ1) is 2.41. The first-order valence-corrected chi connectivity index (χ1v) is 2.07. The Morgan fingerprint density at radius 2 is 1.71 bits per heavy atom. The van der Waals surface area contributed by atoms with Gasteiger partial charge in [0.1, 0.15) is 0 Å². The molecule has 0 spiro atoms. The van der Waals surface area contributed by atoms with Crippen molar-refractivity contribution in [3.05, 3.63) is 23.7 Å². The minimum Gasteiger partial charge on any atom is -1.00 e. The fraction of sp³-hybridized carbons (Fsp3) is 0. The third-order valence-corrected chi connectivity index (χ3v) is 0.469. The minimum atomic E-state index is 0. The van der Waals surface area contributed by atoms with Gasteiger partial charge in [0.2, 0.25) is 0 Å². The van der Waals surface area contributed by atoms with Crippen LogP contribution < -0.4 is 24.8 Å². The third kappa shape index (κ3) is 20.7. The summed E-state index contributed by atoms with van der Waals surface area (Å²) in [6.07, 6.45) is 3.58. The van der Waals surface area contributed by atoms with Crippen LogP contribution in [0.3, 0.4) is 0 Å². The molecule has 7 heavy (non-hydrogen) atoms. The average Bonchev–Trinajstić information content (AvgIpc) is 1.41. The number of halogens is 2. The van der Waals surface area contributed by atoms with Crippen molar-refractivity contribution >= 4 is 16.3 Å². The molecule has 0 atom stereocenters. The van der Waals surface area contributed by atoms with E-state index in [1.165, 1.54) is 0 Å². The second-order valence-electron chi connectivity index (χ2n) is 0.621. The molecule has 0 saturated carbocycles. The summed E-state index contributed by atoms with van der Waals surface area (Å²) >= 11 is 2.45. The van der Waals surface area contributed by atoms with E-state index < -0.39 is 0 Å². The monoisotopic (exact) mass is 150 g/mol. The van der Waals surface area contributed by atoms with E-state index in [-0.39, 0.29) is 24.8 Å². The van der Waals surface area contributed by atoms with E-state index in [1.54, 1.807) is 6.08 Å². The van der Waals surface area contributed by atoms with Gasteiger partial charge >= 0.3 is 40.0 Å². The fourth-order valence-electron chi connectivity index (χ4n) is 0.0786. The van der Waals surface area contributed by atoms with Gasteiger partial charge in [-0.25, -0.2) is 0 Å². The van der Waals surface area contributed by atoms with Gasteiger partial charge in [0.15, 0.2) is 0 Å². The SMILES string of the molecule is C=CC=[CH][Al+2].[Cl-].[Cl-]. The summed E-state index contributed by atoms with van der Waals surface area (Å²) in [6, 6.07) is 0. The summed E-state index contributed by atoms with van der Waals surface area (Å²) < 4.78 is 0. The van der Waals surface area contributed by atoms with Gasteiger partial charge < -0.3 is 24.8 Å². The maximum Gasteiger partial charge on any atom is -1.00 e. The van der Waals surface area contributed by atoms with E-state index in [0.717, 1.165) is 0 Å². The van der Waals surface area contributed by atoms with Gasteiger partial charge in [-0.1, -0.05) is 0 Å². The summed E-state index contributed by atoms with van der Waals surface area (Å²) in [5.74, 6) is 0. The van der Waals surface area contributed by atoms with E-state index in [1.807, 2.05) is 11.0 Å². The fourth-order valence-corrected chi connectivity index (χ4v) is 0.236. The summed E-state index contributed by atoms with van der Waals surface area (Å²) in [4.78, 5) is 1.85. The van der Waals surface area contributed by atoms with Gasteiger partial charge in [-0.15, -0.1) is 0 Å². The molecule has 0 aromatic carbocycles. The van der Waals surface area contributed by atoms with Crippen LogP contribution in [0.2, 0.25) is 0 Å². The van der Waals surface area contributed by atoms with E-state index in [0.29, 0.717) is 0 Å². The molecule has 0 aromatic rings. The van der Waals surface area contributed by atoms with Crippen LogP contribution in [0.1, 0.15) is 0 Å². The molecule has 0 bridgehead atoms. The van der Waals surface area contributed by atoms with Crippen LogP contribution in [0.15, 0.2) is 23.7 Å². The van der Waals surface area contributed by atoms with Crippen molar-refractivity contribution in [2.24, 2.45) is 0 Å². The molecule has 0 aliphatic rings. The molecule has 0 aromatic heterocycles. The van der Waals surface area contributed by atoms with E-state index in [9.17, 15) is 0 Å². The standard InChI is InChI=1S/C4H5.Al.2ClH/c1-3-4-2;;;/h1,3-4H,2H2;;2*1H/q;+2;;/p-2. The van der Waals surface area contributed by atoms with Crippen LogP contribution in [0.4, 0.5) is 0 Å². The van der Waals surface area contributed by atoms with E-state index in [4.69, 9.17) is 0 Å². The van der Waals surface area contributed by atoms with Crippen molar-refractivity contribution in [2.45, 2.75) is 0 Å². The quantitative estimate of drug-likeness (QED) is 0.259. The van der Waals surface area contributed by atoms with E-state index >= 15 is 0 Å². The molecule has 0 rings (SSSR count). The van der Waals surface area contributed by atoms with Gasteiger partial charge in [-0.3, -0.25) is 0 Å². The van der Waals surface area contributed by atoms with Crippen molar-refractivity contribution in [1.82, 2.24) is 0 Å². The maximum absolute atomic E-state index is 3.45. The van der Waals surface area contributed by atoms with Crippen LogP contribution in [-0.4, -0.2) is 16.3 Å². The molecule has 0 N–H and O–H groups in total. The van der Waals surface area contributed by atoms with Crippen molar-refractivity contribution in [3.8, 4) is 0 Å². The Kier molecular flexibility index (Phi) is 35.7. The number of rotatable bonds is 1. The first-order valence-electron chi connectivity index (χ1n) is 1.41. The van der Waals surface area contributed by atoms with Crippen molar-refractivity contribution < 1.29 is 24.8 Å². The van der Waals surface area contributed by atoms with Crippen LogP contribution in [0, 0.1) is 0 Å². The normalized spacial score (nSPS) is 6.57. The van der Waals surface area contributed by atoms with Gasteiger partial charge in [0.25, 0.3) is 0 Å². The Bertz CT molecular complexity index is 51.7. The van der Waals surface area contributed by atoms with Crippen molar-refractivity contribution in [1.29, 1.82) is 0 Å². The molecule has 0 nitrogen and oxygen atoms in total. The van der Waals surface area contributed by atoms with Crippen molar-refractivity contribution in [3.63, 3.8) is 0 Å². The molecule has 3 heteroatoms. The van der Waals surface area contributed by atoms with Crippen molar-refractivity contribution in [2.75, 3.05) is 0 Å². The van der Waals surface area contributed by atoms with Gasteiger partial charge in [-0.2, -0.15) is 0 Å². The minimum absolute atomic E-state index is 0. The number of hydrogen-bond acceptors (Lipinski definition) is 0. The molecule has 0 unspecified atom stereocenters. The van der Waals surface area contributed by atoms with Crippen LogP contribution in [0.25, 0.3) is 0 Å². The Balaban J connectivity index is -0.0000000800. The molecule has 0 fully saturated rings. The molecule has 0 amide bonds. The van der Waals surface area contributed by atoms with Crippen LogP contribution in [-0.2, 0) is 0 Å². The Morgan fingerprint density at radius 1 is 1.29 bits per heavy atom. The second-order valence-corrected chi connectivity index (χ2v) is 1.01. The molecule has 0 aliphatic carbocycles. The second kappa shape index (κ2) is 16.0. The smallest absolute Gasteiger partial charge is 1.00 e. The molecule has 0 radical (unpaired) electrons. The molecule has 0 saturated heterocycles. The predicted molar refractivity (Wildman–Crippen MR) is 25.1 cm³/mol. The van der Waals surface area contributed by atoms with Gasteiger partial charge in [0, 0.05) is 0 Å². The first kappa shape index (κ1) is 15.6. The molecule has 0 aliphatic heterocycles. The zero-order valence-electron chi connectivity index (χ0n) is 3.77. The predicted octanol–water partition coefficient (Wildman–Crippen LogP) is -5.14. The molecule has 38 valence electrons. The summed E-state index contributed by atoms with van der Waals surface area (Å²) in [6.45, 7) is 3.45. The molecule has 0 heterocycles. The number of allylic oxidation sites excluding steroid dienone is 2. The van der Waals surface area contributed by atoms with Crippen LogP contribution >= 0.6 is 0 Å². The average molecular weight is 151 g/mol. The zero-order valence-corrected chi connectivity index (χ0v) is 6.44. The summed E-state index contributed by atoms with van der Waals surface area (Å²) in [7, 11) is 0.